The van der Waals surface area contributed by atoms with Crippen molar-refractivity contribution in [1.82, 2.24) is 10.6 Å². The zero-order valence-electron chi connectivity index (χ0n) is 25.6. The van der Waals surface area contributed by atoms with Gasteiger partial charge in [0.05, 0.1) is 13.0 Å². The number of hydrogen-bond donors (Lipinski definition) is 5. The fraction of sp³-hybridized carbons (Fsp3) is 0.594. The zero-order chi connectivity index (χ0) is 30.0. The fourth-order valence-corrected chi connectivity index (χ4v) is 3.63. The van der Waals surface area contributed by atoms with E-state index in [0.29, 0.717) is 37.5 Å². The van der Waals surface area contributed by atoms with Crippen molar-refractivity contribution < 1.29 is 29.2 Å². The molecule has 2 aromatic rings. The second-order valence-electron chi connectivity index (χ2n) is 11.3. The van der Waals surface area contributed by atoms with E-state index in [9.17, 15) is 15.0 Å². The molecule has 10 heteroatoms. The Labute approximate surface area is 257 Å². The Balaban J connectivity index is 0.000000415. The van der Waals surface area contributed by atoms with Crippen LogP contribution in [0.3, 0.4) is 0 Å². The maximum absolute atomic E-state index is 10.7. The second-order valence-corrected chi connectivity index (χ2v) is 11.3. The molecular formula is C32H52ClN3O6. The number of halogens is 1. The van der Waals surface area contributed by atoms with Crippen LogP contribution in [0.15, 0.2) is 48.5 Å². The summed E-state index contributed by atoms with van der Waals surface area (Å²) in [6.45, 7) is 11.4. The predicted octanol–water partition coefficient (Wildman–Crippen LogP) is 3.27. The predicted molar refractivity (Wildman–Crippen MR) is 170 cm³/mol. The molecule has 3 rings (SSSR count). The molecule has 1 saturated carbocycles. The first-order valence-corrected chi connectivity index (χ1v) is 14.7. The lowest BCUT2D eigenvalue weighted by Gasteiger charge is -2.15. The molecule has 9 nitrogen and oxygen atoms in total. The van der Waals surface area contributed by atoms with Crippen LogP contribution in [0.5, 0.6) is 11.5 Å². The van der Waals surface area contributed by atoms with Crippen LogP contribution in [0, 0.1) is 5.92 Å². The Bertz CT molecular complexity index is 971. The smallest absolute Gasteiger partial charge is 0.221 e. The first-order valence-electron chi connectivity index (χ1n) is 14.7. The van der Waals surface area contributed by atoms with E-state index in [2.05, 4.69) is 36.6 Å². The molecule has 0 spiro atoms. The molecule has 0 heterocycles. The monoisotopic (exact) mass is 609 g/mol. The van der Waals surface area contributed by atoms with Crippen molar-refractivity contribution in [3.8, 4) is 11.5 Å². The van der Waals surface area contributed by atoms with Gasteiger partial charge in [0.25, 0.3) is 0 Å². The van der Waals surface area contributed by atoms with E-state index in [1.807, 2.05) is 26.0 Å². The van der Waals surface area contributed by atoms with E-state index >= 15 is 0 Å². The largest absolute Gasteiger partial charge is 0.491 e. The van der Waals surface area contributed by atoms with E-state index in [1.165, 1.54) is 18.4 Å². The third-order valence-electron chi connectivity index (χ3n) is 6.22. The summed E-state index contributed by atoms with van der Waals surface area (Å²) >= 11 is 0. The quantitative estimate of drug-likeness (QED) is 0.153. The number of nitrogens with one attached hydrogen (secondary N) is 2. The Morgan fingerprint density at radius 1 is 0.833 bits per heavy atom. The van der Waals surface area contributed by atoms with Gasteiger partial charge < -0.3 is 40.8 Å². The third kappa shape index (κ3) is 18.9. The van der Waals surface area contributed by atoms with E-state index < -0.39 is 12.2 Å². The maximum Gasteiger partial charge on any atom is 0.221 e. The van der Waals surface area contributed by atoms with Gasteiger partial charge in [-0.3, -0.25) is 4.79 Å². The number of ether oxygens (including phenoxy) is 3. The van der Waals surface area contributed by atoms with Crippen LogP contribution in [-0.2, 0) is 22.4 Å². The Morgan fingerprint density at radius 2 is 1.29 bits per heavy atom. The summed E-state index contributed by atoms with van der Waals surface area (Å²) in [5.41, 5.74) is 7.21. The van der Waals surface area contributed by atoms with Crippen LogP contribution in [0.25, 0.3) is 0 Å². The van der Waals surface area contributed by atoms with Crippen molar-refractivity contribution in [3.05, 3.63) is 59.7 Å². The molecule has 1 aliphatic rings. The molecule has 2 atom stereocenters. The van der Waals surface area contributed by atoms with Crippen molar-refractivity contribution in [2.45, 2.75) is 77.7 Å². The molecular weight excluding hydrogens is 558 g/mol. The molecule has 42 heavy (non-hydrogen) atoms. The SMILES string of the molecule is CC(C)NCC(O)COc1ccc(CC(N)=O)cc1.CC(C)NCC(O)COc1ccc(CCOCC2CC2)cc1.Cl. The number of benzene rings is 2. The Morgan fingerprint density at radius 3 is 1.69 bits per heavy atom. The van der Waals surface area contributed by atoms with Gasteiger partial charge in [-0.05, 0) is 60.6 Å². The molecule has 6 N–H and O–H groups in total. The van der Waals surface area contributed by atoms with Gasteiger partial charge in [-0.25, -0.2) is 0 Å². The highest BCUT2D eigenvalue weighted by molar-refractivity contribution is 5.85. The molecule has 0 saturated heterocycles. The summed E-state index contributed by atoms with van der Waals surface area (Å²) in [4.78, 5) is 10.7. The van der Waals surface area contributed by atoms with E-state index in [1.54, 1.807) is 24.3 Å². The highest BCUT2D eigenvalue weighted by Gasteiger charge is 2.20. The van der Waals surface area contributed by atoms with E-state index in [4.69, 9.17) is 19.9 Å². The fourth-order valence-electron chi connectivity index (χ4n) is 3.63. The Hall–Kier alpha value is -2.40. The van der Waals surface area contributed by atoms with E-state index in [0.717, 1.165) is 36.9 Å². The standard InChI is InChI=1S/C18H29NO3.C14H22N2O3.ClH/c1-14(2)19-11-17(20)13-22-18-7-5-15(6-8-18)9-10-21-12-16-3-4-16;1-10(2)16-8-12(17)9-19-13-5-3-11(4-6-13)7-14(15)18;/h5-8,14,16-17,19-20H,3-4,9-13H2,1-2H3;3-6,10,12,16-17H,7-9H2,1-2H3,(H2,15,18);1H. The Kier molecular flexibility index (Phi) is 19.1. The number of primary amides is 1. The van der Waals surface area contributed by atoms with Crippen molar-refractivity contribution in [3.63, 3.8) is 0 Å². The van der Waals surface area contributed by atoms with E-state index in [-0.39, 0.29) is 31.3 Å². The summed E-state index contributed by atoms with van der Waals surface area (Å²) in [6.07, 6.45) is 2.80. The van der Waals surface area contributed by atoms with Crippen LogP contribution in [0.1, 0.15) is 51.7 Å². The molecule has 2 aromatic carbocycles. The number of aliphatic hydroxyl groups is 2. The first-order chi connectivity index (χ1) is 19.6. The summed E-state index contributed by atoms with van der Waals surface area (Å²) in [6, 6.07) is 15.9. The van der Waals surface area contributed by atoms with Gasteiger partial charge in [-0.2, -0.15) is 0 Å². The number of carbonyl (C=O) groups excluding carboxylic acids is 1. The van der Waals surface area contributed by atoms with Crippen LogP contribution in [0.4, 0.5) is 0 Å². The molecule has 2 unspecified atom stereocenters. The van der Waals surface area contributed by atoms with Crippen LogP contribution >= 0.6 is 12.4 Å². The van der Waals surface area contributed by atoms with Crippen LogP contribution in [-0.4, -0.2) is 79.9 Å². The third-order valence-corrected chi connectivity index (χ3v) is 6.22. The molecule has 1 fully saturated rings. The van der Waals surface area contributed by atoms with Crippen molar-refractivity contribution in [2.24, 2.45) is 11.7 Å². The molecule has 0 bridgehead atoms. The van der Waals surface area contributed by atoms with Crippen molar-refractivity contribution >= 4 is 18.3 Å². The van der Waals surface area contributed by atoms with Gasteiger partial charge in [0, 0.05) is 31.8 Å². The number of carbonyl (C=O) groups is 1. The normalized spacial score (nSPS) is 14.0. The van der Waals surface area contributed by atoms with Gasteiger partial charge in [0.1, 0.15) is 36.9 Å². The molecule has 1 aliphatic carbocycles. The van der Waals surface area contributed by atoms with Gasteiger partial charge in [0.2, 0.25) is 5.91 Å². The number of rotatable bonds is 19. The molecule has 0 radical (unpaired) electrons. The van der Waals surface area contributed by atoms with Gasteiger partial charge >= 0.3 is 0 Å². The highest BCUT2D eigenvalue weighted by atomic mass is 35.5. The average Bonchev–Trinajstić information content (AvgIpc) is 3.77. The summed E-state index contributed by atoms with van der Waals surface area (Å²) in [5.74, 6) is 1.93. The molecule has 0 aliphatic heterocycles. The molecule has 1 amide bonds. The minimum absolute atomic E-state index is 0. The van der Waals surface area contributed by atoms with Crippen LogP contribution in [0.2, 0.25) is 0 Å². The minimum atomic E-state index is -0.548. The lowest BCUT2D eigenvalue weighted by atomic mass is 10.1. The van der Waals surface area contributed by atoms with Gasteiger partial charge in [-0.1, -0.05) is 52.0 Å². The second kappa shape index (κ2) is 21.3. The topological polar surface area (TPSA) is 135 Å². The maximum atomic E-state index is 10.7. The average molecular weight is 610 g/mol. The summed E-state index contributed by atoms with van der Waals surface area (Å²) < 4.78 is 16.7. The zero-order valence-corrected chi connectivity index (χ0v) is 26.4. The summed E-state index contributed by atoms with van der Waals surface area (Å²) in [7, 11) is 0. The van der Waals surface area contributed by atoms with Gasteiger partial charge in [0.15, 0.2) is 0 Å². The van der Waals surface area contributed by atoms with Gasteiger partial charge in [-0.15, -0.1) is 12.4 Å². The van der Waals surface area contributed by atoms with Crippen LogP contribution < -0.4 is 25.8 Å². The molecule has 238 valence electrons. The lowest BCUT2D eigenvalue weighted by Crippen LogP contribution is -2.35. The highest BCUT2D eigenvalue weighted by Crippen LogP contribution is 2.28. The van der Waals surface area contributed by atoms with Crippen molar-refractivity contribution in [2.75, 3.05) is 39.5 Å². The first kappa shape index (κ1) is 37.6. The number of aliphatic hydroxyl groups excluding tert-OH is 2. The number of hydrogen-bond acceptors (Lipinski definition) is 8. The van der Waals surface area contributed by atoms with Crippen molar-refractivity contribution in [1.29, 1.82) is 0 Å². The minimum Gasteiger partial charge on any atom is -0.491 e. The number of amides is 1. The summed E-state index contributed by atoms with van der Waals surface area (Å²) in [5, 5.41) is 25.8. The molecule has 0 aromatic heterocycles. The number of nitrogens with two attached hydrogens (primary N) is 1. The lowest BCUT2D eigenvalue weighted by molar-refractivity contribution is -0.117.